The van der Waals surface area contributed by atoms with Gasteiger partial charge < -0.3 is 19.5 Å². The Balaban J connectivity index is 1.71. The standard InChI is InChI=1S/C28H27N3O5/c1-19-9-6-10-20(2)25(19)31(24(32)18-30-27(33)23-14-8-16-36-23)26(21-11-4-3-5-12-21)28(34)29-17-22-13-7-15-35-22/h3-16,26H,17-18H2,1-2H3,(H,29,34)(H,30,33). The van der Waals surface area contributed by atoms with Gasteiger partial charge in [-0.25, -0.2) is 0 Å². The zero-order chi connectivity index (χ0) is 25.5. The summed E-state index contributed by atoms with van der Waals surface area (Å²) in [5.74, 6) is -0.670. The van der Waals surface area contributed by atoms with Gasteiger partial charge in [-0.3, -0.25) is 19.3 Å². The van der Waals surface area contributed by atoms with Crippen molar-refractivity contribution in [3.8, 4) is 0 Å². The van der Waals surface area contributed by atoms with Gasteiger partial charge in [0.15, 0.2) is 5.76 Å². The predicted molar refractivity (Wildman–Crippen MR) is 134 cm³/mol. The van der Waals surface area contributed by atoms with Crippen molar-refractivity contribution in [3.63, 3.8) is 0 Å². The van der Waals surface area contributed by atoms with Crippen LogP contribution in [0, 0.1) is 13.8 Å². The molecule has 0 fully saturated rings. The molecule has 0 saturated carbocycles. The molecule has 0 aliphatic rings. The Morgan fingerprint density at radius 2 is 1.50 bits per heavy atom. The first-order chi connectivity index (χ1) is 17.5. The summed E-state index contributed by atoms with van der Waals surface area (Å²) in [7, 11) is 0. The topological polar surface area (TPSA) is 105 Å². The van der Waals surface area contributed by atoms with Crippen molar-refractivity contribution in [1.82, 2.24) is 10.6 Å². The fourth-order valence-corrected chi connectivity index (χ4v) is 4.06. The summed E-state index contributed by atoms with van der Waals surface area (Å²) in [6.07, 6.45) is 2.92. The van der Waals surface area contributed by atoms with Gasteiger partial charge in [0.2, 0.25) is 11.8 Å². The number of furan rings is 2. The summed E-state index contributed by atoms with van der Waals surface area (Å²) >= 11 is 0. The van der Waals surface area contributed by atoms with Gasteiger partial charge in [-0.15, -0.1) is 0 Å². The summed E-state index contributed by atoms with van der Waals surface area (Å²) in [5.41, 5.74) is 2.88. The maximum Gasteiger partial charge on any atom is 0.287 e. The van der Waals surface area contributed by atoms with Gasteiger partial charge in [-0.2, -0.15) is 0 Å². The highest BCUT2D eigenvalue weighted by Gasteiger charge is 2.34. The van der Waals surface area contributed by atoms with E-state index < -0.39 is 17.9 Å². The molecule has 8 nitrogen and oxygen atoms in total. The minimum Gasteiger partial charge on any atom is -0.467 e. The number of hydrogen-bond donors (Lipinski definition) is 2. The lowest BCUT2D eigenvalue weighted by Gasteiger charge is -2.33. The van der Waals surface area contributed by atoms with Crippen molar-refractivity contribution in [2.24, 2.45) is 0 Å². The Kier molecular flexibility index (Phi) is 7.65. The molecule has 1 unspecified atom stereocenters. The fraction of sp³-hybridized carbons (Fsp3) is 0.179. The van der Waals surface area contributed by atoms with E-state index in [-0.39, 0.29) is 24.8 Å². The average molecular weight is 486 g/mol. The molecule has 2 heterocycles. The van der Waals surface area contributed by atoms with E-state index in [1.807, 2.05) is 50.2 Å². The minimum atomic E-state index is -0.992. The van der Waals surface area contributed by atoms with Crippen LogP contribution in [0.1, 0.15) is 39.0 Å². The van der Waals surface area contributed by atoms with Crippen LogP contribution in [-0.4, -0.2) is 24.3 Å². The molecule has 36 heavy (non-hydrogen) atoms. The van der Waals surface area contributed by atoms with E-state index in [2.05, 4.69) is 10.6 Å². The second-order valence-electron chi connectivity index (χ2n) is 8.27. The van der Waals surface area contributed by atoms with Crippen LogP contribution in [-0.2, 0) is 16.1 Å². The Labute approximate surface area is 208 Å². The van der Waals surface area contributed by atoms with Crippen molar-refractivity contribution in [2.75, 3.05) is 11.4 Å². The number of benzene rings is 2. The third-order valence-corrected chi connectivity index (χ3v) is 5.73. The van der Waals surface area contributed by atoms with E-state index in [1.54, 1.807) is 30.3 Å². The Morgan fingerprint density at radius 3 is 2.14 bits per heavy atom. The van der Waals surface area contributed by atoms with Crippen LogP contribution < -0.4 is 15.5 Å². The van der Waals surface area contributed by atoms with Gasteiger partial charge in [-0.05, 0) is 54.8 Å². The molecule has 4 rings (SSSR count). The number of para-hydroxylation sites is 1. The summed E-state index contributed by atoms with van der Waals surface area (Å²) in [5, 5.41) is 5.49. The molecular weight excluding hydrogens is 458 g/mol. The van der Waals surface area contributed by atoms with Crippen LogP contribution in [0.15, 0.2) is 94.2 Å². The van der Waals surface area contributed by atoms with Crippen LogP contribution in [0.25, 0.3) is 0 Å². The van der Waals surface area contributed by atoms with Crippen molar-refractivity contribution in [3.05, 3.63) is 114 Å². The van der Waals surface area contributed by atoms with Crippen LogP contribution >= 0.6 is 0 Å². The molecule has 184 valence electrons. The van der Waals surface area contributed by atoms with E-state index >= 15 is 0 Å². The fourth-order valence-electron chi connectivity index (χ4n) is 4.06. The smallest absolute Gasteiger partial charge is 0.287 e. The quantitative estimate of drug-likeness (QED) is 0.368. The van der Waals surface area contributed by atoms with Gasteiger partial charge in [-0.1, -0.05) is 48.5 Å². The van der Waals surface area contributed by atoms with E-state index in [9.17, 15) is 14.4 Å². The molecule has 0 saturated heterocycles. The lowest BCUT2D eigenvalue weighted by atomic mass is 9.99. The SMILES string of the molecule is Cc1cccc(C)c1N(C(=O)CNC(=O)c1ccco1)C(C(=O)NCc1ccco1)c1ccccc1. The second kappa shape index (κ2) is 11.2. The average Bonchev–Trinajstić information content (AvgIpc) is 3.60. The largest absolute Gasteiger partial charge is 0.467 e. The molecule has 0 spiro atoms. The normalized spacial score (nSPS) is 11.5. The Hall–Kier alpha value is -4.59. The van der Waals surface area contributed by atoms with Crippen LogP contribution in [0.5, 0.6) is 0 Å². The lowest BCUT2D eigenvalue weighted by Crippen LogP contribution is -2.48. The maximum atomic E-state index is 13.8. The first kappa shape index (κ1) is 24.5. The zero-order valence-electron chi connectivity index (χ0n) is 20.1. The number of amides is 3. The summed E-state index contributed by atoms with van der Waals surface area (Å²) < 4.78 is 10.5. The van der Waals surface area contributed by atoms with E-state index in [0.29, 0.717) is 17.0 Å². The van der Waals surface area contributed by atoms with Crippen molar-refractivity contribution < 1.29 is 23.2 Å². The third kappa shape index (κ3) is 5.55. The van der Waals surface area contributed by atoms with Gasteiger partial charge in [0.05, 0.1) is 31.3 Å². The van der Waals surface area contributed by atoms with E-state index in [4.69, 9.17) is 8.83 Å². The van der Waals surface area contributed by atoms with Crippen molar-refractivity contribution >= 4 is 23.4 Å². The third-order valence-electron chi connectivity index (χ3n) is 5.73. The van der Waals surface area contributed by atoms with Gasteiger partial charge in [0.1, 0.15) is 11.8 Å². The summed E-state index contributed by atoms with van der Waals surface area (Å²) in [4.78, 5) is 41.3. The molecule has 0 radical (unpaired) electrons. The minimum absolute atomic E-state index is 0.0947. The lowest BCUT2D eigenvalue weighted by molar-refractivity contribution is -0.126. The molecule has 2 aromatic heterocycles. The van der Waals surface area contributed by atoms with E-state index in [0.717, 1.165) is 11.1 Å². The number of nitrogens with one attached hydrogen (secondary N) is 2. The number of nitrogens with zero attached hydrogens (tertiary/aromatic N) is 1. The summed E-state index contributed by atoms with van der Waals surface area (Å²) in [6.45, 7) is 3.60. The number of carbonyl (C=O) groups is 3. The maximum absolute atomic E-state index is 13.8. The van der Waals surface area contributed by atoms with Crippen LogP contribution in [0.3, 0.4) is 0 Å². The summed E-state index contributed by atoms with van der Waals surface area (Å²) in [6, 6.07) is 20.3. The molecule has 3 amide bonds. The molecule has 8 heteroatoms. The molecule has 4 aromatic rings. The molecule has 0 bridgehead atoms. The number of hydrogen-bond acceptors (Lipinski definition) is 5. The number of carbonyl (C=O) groups excluding carboxylic acids is 3. The monoisotopic (exact) mass is 485 g/mol. The van der Waals surface area contributed by atoms with E-state index in [1.165, 1.54) is 23.5 Å². The van der Waals surface area contributed by atoms with Crippen LogP contribution in [0.2, 0.25) is 0 Å². The van der Waals surface area contributed by atoms with Gasteiger partial charge in [0, 0.05) is 0 Å². The van der Waals surface area contributed by atoms with Gasteiger partial charge >= 0.3 is 0 Å². The van der Waals surface area contributed by atoms with Crippen molar-refractivity contribution in [2.45, 2.75) is 26.4 Å². The number of rotatable bonds is 9. The Bertz CT molecular complexity index is 1290. The highest BCUT2D eigenvalue weighted by Crippen LogP contribution is 2.33. The highest BCUT2D eigenvalue weighted by atomic mass is 16.3. The molecule has 0 aliphatic heterocycles. The second-order valence-corrected chi connectivity index (χ2v) is 8.27. The number of anilines is 1. The van der Waals surface area contributed by atoms with Crippen molar-refractivity contribution in [1.29, 1.82) is 0 Å². The van der Waals surface area contributed by atoms with Gasteiger partial charge in [0.25, 0.3) is 5.91 Å². The zero-order valence-corrected chi connectivity index (χ0v) is 20.1. The first-order valence-corrected chi connectivity index (χ1v) is 11.5. The first-order valence-electron chi connectivity index (χ1n) is 11.5. The molecule has 2 aromatic carbocycles. The predicted octanol–water partition coefficient (Wildman–Crippen LogP) is 4.31. The Morgan fingerprint density at radius 1 is 0.806 bits per heavy atom. The molecule has 2 N–H and O–H groups in total. The molecule has 0 aliphatic carbocycles. The molecular formula is C28H27N3O5. The number of aryl methyl sites for hydroxylation is 2. The van der Waals surface area contributed by atoms with Crippen LogP contribution in [0.4, 0.5) is 5.69 Å². The molecule has 1 atom stereocenters. The highest BCUT2D eigenvalue weighted by molar-refractivity contribution is 6.05.